The number of aryl methyl sites for hydroxylation is 1. The maximum Gasteiger partial charge on any atom is 0.119 e. The van der Waals surface area contributed by atoms with Crippen molar-refractivity contribution in [2.45, 2.75) is 31.8 Å². The van der Waals surface area contributed by atoms with Crippen LogP contribution in [0.2, 0.25) is 0 Å². The van der Waals surface area contributed by atoms with Crippen LogP contribution in [-0.4, -0.2) is 47.3 Å². The topological polar surface area (TPSA) is 45.6 Å². The number of ether oxygens (including phenoxy) is 1. The highest BCUT2D eigenvalue weighted by molar-refractivity contribution is 7.18. The normalized spacial score (nSPS) is 17.3. The summed E-state index contributed by atoms with van der Waals surface area (Å²) in [6, 6.07) is 16.3. The molecule has 1 atom stereocenters. The summed E-state index contributed by atoms with van der Waals surface area (Å²) >= 11 is 1.83. The molecule has 4 rings (SSSR count). The van der Waals surface area contributed by atoms with Crippen molar-refractivity contribution in [3.05, 3.63) is 59.1 Å². The van der Waals surface area contributed by atoms with Crippen LogP contribution in [0.25, 0.3) is 10.2 Å². The third-order valence-electron chi connectivity index (χ3n) is 5.18. The van der Waals surface area contributed by atoms with Gasteiger partial charge in [0.25, 0.3) is 0 Å². The average Bonchev–Trinajstić information content (AvgIpc) is 3.12. The van der Waals surface area contributed by atoms with Crippen molar-refractivity contribution in [3.8, 4) is 5.75 Å². The number of hydrogen-bond acceptors (Lipinski definition) is 5. The summed E-state index contributed by atoms with van der Waals surface area (Å²) in [4.78, 5) is 7.16. The van der Waals surface area contributed by atoms with E-state index in [0.29, 0.717) is 19.1 Å². The molecule has 1 aliphatic rings. The van der Waals surface area contributed by atoms with E-state index in [-0.39, 0.29) is 0 Å². The number of aliphatic hydroxyl groups excluding tert-OH is 1. The van der Waals surface area contributed by atoms with E-state index in [1.165, 1.54) is 15.3 Å². The molecule has 1 saturated heterocycles. The number of para-hydroxylation sites is 1. The lowest BCUT2D eigenvalue weighted by Crippen LogP contribution is -2.40. The van der Waals surface area contributed by atoms with Gasteiger partial charge >= 0.3 is 0 Å². The van der Waals surface area contributed by atoms with Gasteiger partial charge in [-0.15, -0.1) is 11.3 Å². The standard InChI is InChI=1S/C22H26N2O2S/c1-16-6-8-19(9-7-16)26-15-18(25)14-24-12-10-17(11-13-24)22-23-20-4-2-3-5-21(20)27-22/h2-9,17-18,25H,10-15H2,1H3. The fraction of sp³-hybridized carbons (Fsp3) is 0.409. The number of piperidine rings is 1. The minimum Gasteiger partial charge on any atom is -0.491 e. The molecule has 1 unspecified atom stereocenters. The van der Waals surface area contributed by atoms with Crippen LogP contribution >= 0.6 is 11.3 Å². The number of aromatic nitrogens is 1. The van der Waals surface area contributed by atoms with E-state index in [9.17, 15) is 5.11 Å². The Hall–Kier alpha value is -1.95. The smallest absolute Gasteiger partial charge is 0.119 e. The molecule has 3 aromatic rings. The number of likely N-dealkylation sites (tertiary alicyclic amines) is 1. The van der Waals surface area contributed by atoms with Gasteiger partial charge in [-0.25, -0.2) is 4.98 Å². The van der Waals surface area contributed by atoms with Crippen molar-refractivity contribution in [2.75, 3.05) is 26.2 Å². The highest BCUT2D eigenvalue weighted by atomic mass is 32.1. The Labute approximate surface area is 164 Å². The molecule has 0 radical (unpaired) electrons. The van der Waals surface area contributed by atoms with Crippen LogP contribution in [0.15, 0.2) is 48.5 Å². The van der Waals surface area contributed by atoms with Gasteiger partial charge in [0.05, 0.1) is 15.2 Å². The van der Waals surface area contributed by atoms with Gasteiger partial charge in [-0.2, -0.15) is 0 Å². The van der Waals surface area contributed by atoms with E-state index in [0.717, 1.165) is 37.2 Å². The first-order valence-corrected chi connectivity index (χ1v) is 10.4. The highest BCUT2D eigenvalue weighted by Crippen LogP contribution is 2.33. The van der Waals surface area contributed by atoms with Gasteiger partial charge in [0.1, 0.15) is 18.5 Å². The minimum absolute atomic E-state index is 0.334. The SMILES string of the molecule is Cc1ccc(OCC(O)CN2CCC(c3nc4ccccc4s3)CC2)cc1. The molecule has 142 valence electrons. The molecule has 0 amide bonds. The van der Waals surface area contributed by atoms with Gasteiger partial charge < -0.3 is 14.7 Å². The van der Waals surface area contributed by atoms with E-state index < -0.39 is 6.10 Å². The molecule has 1 aromatic heterocycles. The summed E-state index contributed by atoms with van der Waals surface area (Å²) in [5.74, 6) is 1.36. The second-order valence-electron chi connectivity index (χ2n) is 7.37. The zero-order valence-electron chi connectivity index (χ0n) is 15.7. The van der Waals surface area contributed by atoms with Crippen molar-refractivity contribution >= 4 is 21.6 Å². The zero-order chi connectivity index (χ0) is 18.6. The van der Waals surface area contributed by atoms with Crippen LogP contribution in [0.4, 0.5) is 0 Å². The molecular weight excluding hydrogens is 356 g/mol. The Kier molecular flexibility index (Phi) is 5.72. The summed E-state index contributed by atoms with van der Waals surface area (Å²) in [7, 11) is 0. The molecule has 1 fully saturated rings. The van der Waals surface area contributed by atoms with Crippen molar-refractivity contribution in [2.24, 2.45) is 0 Å². The number of fused-ring (bicyclic) bond motifs is 1. The van der Waals surface area contributed by atoms with E-state index in [1.807, 2.05) is 35.6 Å². The Morgan fingerprint density at radius 1 is 1.15 bits per heavy atom. The molecule has 2 aromatic carbocycles. The summed E-state index contributed by atoms with van der Waals surface area (Å²) in [5.41, 5.74) is 2.32. The van der Waals surface area contributed by atoms with Gasteiger partial charge in [-0.3, -0.25) is 0 Å². The van der Waals surface area contributed by atoms with E-state index in [2.05, 4.69) is 36.1 Å². The molecule has 27 heavy (non-hydrogen) atoms. The van der Waals surface area contributed by atoms with Crippen LogP contribution < -0.4 is 4.74 Å². The molecule has 0 bridgehead atoms. The first-order chi connectivity index (χ1) is 13.2. The van der Waals surface area contributed by atoms with Crippen molar-refractivity contribution in [3.63, 3.8) is 0 Å². The molecule has 0 saturated carbocycles. The molecule has 2 heterocycles. The maximum atomic E-state index is 10.3. The van der Waals surface area contributed by atoms with Gasteiger partial charge in [0.2, 0.25) is 0 Å². The maximum absolute atomic E-state index is 10.3. The molecular formula is C22H26N2O2S. The second-order valence-corrected chi connectivity index (χ2v) is 8.43. The first kappa shape index (κ1) is 18.4. The van der Waals surface area contributed by atoms with Crippen LogP contribution in [0, 0.1) is 6.92 Å². The fourth-order valence-corrected chi connectivity index (χ4v) is 4.74. The summed E-state index contributed by atoms with van der Waals surface area (Å²) < 4.78 is 6.98. The van der Waals surface area contributed by atoms with Crippen LogP contribution in [0.1, 0.15) is 29.3 Å². The molecule has 0 spiro atoms. The fourth-order valence-electron chi connectivity index (χ4n) is 3.60. The number of β-amino-alcohol motifs (C(OH)–C–C–N with tert-alkyl or cyclic N) is 1. The minimum atomic E-state index is -0.467. The number of rotatable bonds is 6. The van der Waals surface area contributed by atoms with Crippen LogP contribution in [0.5, 0.6) is 5.75 Å². The molecule has 0 aliphatic carbocycles. The van der Waals surface area contributed by atoms with Crippen molar-refractivity contribution < 1.29 is 9.84 Å². The molecule has 5 heteroatoms. The third kappa shape index (κ3) is 4.67. The predicted octanol–water partition coefficient (Wildman–Crippen LogP) is 4.22. The number of nitrogens with zero attached hydrogens (tertiary/aromatic N) is 2. The molecule has 1 aliphatic heterocycles. The number of benzene rings is 2. The summed E-state index contributed by atoms with van der Waals surface area (Å²) in [6.07, 6.45) is 1.74. The Morgan fingerprint density at radius 2 is 1.89 bits per heavy atom. The lowest BCUT2D eigenvalue weighted by atomic mass is 9.97. The quantitative estimate of drug-likeness (QED) is 0.693. The van der Waals surface area contributed by atoms with Crippen LogP contribution in [-0.2, 0) is 0 Å². The first-order valence-electron chi connectivity index (χ1n) is 9.63. The Morgan fingerprint density at radius 3 is 2.63 bits per heavy atom. The molecule has 4 nitrogen and oxygen atoms in total. The lowest BCUT2D eigenvalue weighted by molar-refractivity contribution is 0.0594. The Bertz CT molecular complexity index is 836. The van der Waals surface area contributed by atoms with Crippen molar-refractivity contribution in [1.29, 1.82) is 0 Å². The monoisotopic (exact) mass is 382 g/mol. The van der Waals surface area contributed by atoms with Gasteiger partial charge in [0.15, 0.2) is 0 Å². The van der Waals surface area contributed by atoms with Gasteiger partial charge in [0, 0.05) is 12.5 Å². The van der Waals surface area contributed by atoms with E-state index in [4.69, 9.17) is 9.72 Å². The number of hydrogen-bond donors (Lipinski definition) is 1. The number of aliphatic hydroxyl groups is 1. The predicted molar refractivity (Wildman–Crippen MR) is 111 cm³/mol. The van der Waals surface area contributed by atoms with Crippen LogP contribution in [0.3, 0.4) is 0 Å². The average molecular weight is 383 g/mol. The second kappa shape index (κ2) is 8.38. The zero-order valence-corrected chi connectivity index (χ0v) is 16.5. The number of thiazole rings is 1. The van der Waals surface area contributed by atoms with Gasteiger partial charge in [-0.1, -0.05) is 29.8 Å². The van der Waals surface area contributed by atoms with E-state index in [1.54, 1.807) is 0 Å². The molecule has 1 N–H and O–H groups in total. The summed E-state index contributed by atoms with van der Waals surface area (Å²) in [5, 5.41) is 11.6. The van der Waals surface area contributed by atoms with E-state index >= 15 is 0 Å². The largest absolute Gasteiger partial charge is 0.491 e. The third-order valence-corrected chi connectivity index (χ3v) is 6.38. The van der Waals surface area contributed by atoms with Crippen molar-refractivity contribution in [1.82, 2.24) is 9.88 Å². The van der Waals surface area contributed by atoms with Gasteiger partial charge in [-0.05, 0) is 57.1 Å². The summed E-state index contributed by atoms with van der Waals surface area (Å²) in [6.45, 7) is 5.06. The highest BCUT2D eigenvalue weighted by Gasteiger charge is 2.24. The Balaban J connectivity index is 1.24. The lowest BCUT2D eigenvalue weighted by Gasteiger charge is -2.32.